The van der Waals surface area contributed by atoms with E-state index in [0.29, 0.717) is 0 Å². The van der Waals surface area contributed by atoms with E-state index in [1.165, 1.54) is 0 Å². The highest BCUT2D eigenvalue weighted by molar-refractivity contribution is 6.62. The van der Waals surface area contributed by atoms with Crippen molar-refractivity contribution in [3.8, 4) is 0 Å². The lowest BCUT2D eigenvalue weighted by molar-refractivity contribution is 0.00578. The van der Waals surface area contributed by atoms with Crippen LogP contribution < -0.4 is 5.46 Å². The summed E-state index contributed by atoms with van der Waals surface area (Å²) in [5.74, 6) is -1.56. The van der Waals surface area contributed by atoms with Crippen LogP contribution in [0, 0.1) is 0 Å². The zero-order valence-electron chi connectivity index (χ0n) is 19.7. The molecule has 1 aliphatic heterocycles. The number of hydrogen-bond donors (Lipinski definition) is 0. The maximum Gasteiger partial charge on any atom is 0.496 e. The van der Waals surface area contributed by atoms with Crippen LogP contribution in [-0.4, -0.2) is 35.8 Å². The minimum Gasteiger partial charge on any atom is -0.461 e. The van der Waals surface area contributed by atoms with Gasteiger partial charge >= 0.3 is 13.1 Å². The summed E-state index contributed by atoms with van der Waals surface area (Å²) in [5, 5.41) is 0. The monoisotopic (exact) mass is 285 g/mol. The molecule has 0 amide bonds. The minimum absolute atomic E-state index is 0.168. The molecule has 0 atom stereocenters. The second-order valence-corrected chi connectivity index (χ2v) is 5.32. The molecule has 1 aliphatic rings. The molecule has 2 heterocycles. The summed E-state index contributed by atoms with van der Waals surface area (Å²) >= 11 is 0. The number of nitrogens with zero attached hydrogens (tertiary/aromatic N) is 1. The lowest BCUT2D eigenvalue weighted by atomic mass is 9.80. The van der Waals surface area contributed by atoms with E-state index in [9.17, 15) is 4.79 Å². The average molecular weight is 285 g/mol. The van der Waals surface area contributed by atoms with Gasteiger partial charge in [-0.15, -0.1) is 0 Å². The third-order valence-corrected chi connectivity index (χ3v) is 3.43. The highest BCUT2D eigenvalue weighted by Crippen LogP contribution is 2.36. The SMILES string of the molecule is [2H]c1nc(C(=O)OC([2H])([2H])C([2H])([2H])[2H])c([2H])c([2H])c1B1OC(C)(C)C(C)(C)O1. The number of hydrogen-bond acceptors (Lipinski definition) is 5. The molecule has 0 N–H and O–H groups in total. The summed E-state index contributed by atoms with van der Waals surface area (Å²) in [7, 11) is -1.17. The van der Waals surface area contributed by atoms with Gasteiger partial charge in [0.05, 0.1) is 24.6 Å². The molecule has 5 nitrogen and oxygen atoms in total. The maximum absolute atomic E-state index is 12.1. The molecular formula is C14H20BNO4. The van der Waals surface area contributed by atoms with Crippen LogP contribution >= 0.6 is 0 Å². The smallest absolute Gasteiger partial charge is 0.461 e. The number of carbonyl (C=O) groups is 1. The fraction of sp³-hybridized carbons (Fsp3) is 0.571. The van der Waals surface area contributed by atoms with E-state index in [4.69, 9.17) is 20.3 Å². The summed E-state index contributed by atoms with van der Waals surface area (Å²) in [5.41, 5.74) is -2.56. The van der Waals surface area contributed by atoms with Gasteiger partial charge in [0.2, 0.25) is 0 Å². The molecule has 108 valence electrons. The Balaban J connectivity index is 2.42. The van der Waals surface area contributed by atoms with Crippen molar-refractivity contribution in [1.29, 1.82) is 0 Å². The fourth-order valence-electron chi connectivity index (χ4n) is 1.56. The quantitative estimate of drug-likeness (QED) is 0.623. The molecule has 1 saturated heterocycles. The Labute approximate surface area is 131 Å². The lowest BCUT2D eigenvalue weighted by Gasteiger charge is -2.32. The topological polar surface area (TPSA) is 57.7 Å². The van der Waals surface area contributed by atoms with Crippen LogP contribution in [0.15, 0.2) is 18.3 Å². The van der Waals surface area contributed by atoms with E-state index in [-0.39, 0.29) is 5.46 Å². The van der Waals surface area contributed by atoms with Gasteiger partial charge in [0.1, 0.15) is 5.69 Å². The van der Waals surface area contributed by atoms with Gasteiger partial charge in [0.25, 0.3) is 0 Å². The first kappa shape index (κ1) is 7.57. The van der Waals surface area contributed by atoms with Crippen molar-refractivity contribution in [2.75, 3.05) is 6.56 Å². The van der Waals surface area contributed by atoms with Crippen molar-refractivity contribution in [2.24, 2.45) is 0 Å². The molecule has 2 rings (SSSR count). The predicted molar refractivity (Wildman–Crippen MR) is 75.9 cm³/mol. The van der Waals surface area contributed by atoms with E-state index >= 15 is 0 Å². The second-order valence-electron chi connectivity index (χ2n) is 5.32. The van der Waals surface area contributed by atoms with Crippen LogP contribution in [0.3, 0.4) is 0 Å². The van der Waals surface area contributed by atoms with Crippen molar-refractivity contribution in [3.63, 3.8) is 0 Å². The molecular weight excluding hydrogens is 257 g/mol. The van der Waals surface area contributed by atoms with Gasteiger partial charge in [-0.1, -0.05) is 6.04 Å². The van der Waals surface area contributed by atoms with E-state index in [1.807, 2.05) is 0 Å². The normalized spacial score (nSPS) is 27.1. The van der Waals surface area contributed by atoms with E-state index in [2.05, 4.69) is 9.72 Å². The Kier molecular flexibility index (Phi) is 1.96. The van der Waals surface area contributed by atoms with Crippen LogP contribution in [0.25, 0.3) is 0 Å². The number of aromatic nitrogens is 1. The molecule has 0 bridgehead atoms. The third kappa shape index (κ3) is 2.71. The van der Waals surface area contributed by atoms with Gasteiger partial charge in [-0.2, -0.15) is 0 Å². The molecule has 0 unspecified atom stereocenters. The maximum atomic E-state index is 12.1. The third-order valence-electron chi connectivity index (χ3n) is 3.43. The molecule has 1 fully saturated rings. The van der Waals surface area contributed by atoms with Gasteiger partial charge in [-0.05, 0) is 40.6 Å². The molecule has 1 aromatic rings. The summed E-state index contributed by atoms with van der Waals surface area (Å²) in [6.45, 7) is 0.458. The standard InChI is InChI=1S/C14H20BNO4/c1-6-18-12(17)11-8-7-10(9-16-11)15-19-13(2,3)14(4,5)20-15/h7-9H,6H2,1-5H3/i1D3,6D2,7D,8D,9D. The summed E-state index contributed by atoms with van der Waals surface area (Å²) < 4.78 is 75.8. The predicted octanol–water partition coefficient (Wildman–Crippen LogP) is 1.56. The van der Waals surface area contributed by atoms with Crippen molar-refractivity contribution in [2.45, 2.75) is 45.7 Å². The Hall–Kier alpha value is -1.40. The van der Waals surface area contributed by atoms with Crippen molar-refractivity contribution in [3.05, 3.63) is 24.0 Å². The number of carbonyl (C=O) groups excluding carboxylic acids is 1. The van der Waals surface area contributed by atoms with Crippen molar-refractivity contribution >= 4 is 18.6 Å². The Morgan fingerprint density at radius 2 is 2.10 bits per heavy atom. The van der Waals surface area contributed by atoms with Gasteiger partial charge in [0.15, 0.2) is 0 Å². The van der Waals surface area contributed by atoms with Crippen LogP contribution in [0.5, 0.6) is 0 Å². The molecule has 0 saturated carbocycles. The number of rotatable bonds is 3. The molecule has 0 radical (unpaired) electrons. The Bertz CT molecular complexity index is 796. The van der Waals surface area contributed by atoms with Gasteiger partial charge in [-0.3, -0.25) is 0 Å². The van der Waals surface area contributed by atoms with Crippen molar-refractivity contribution < 1.29 is 29.8 Å². The van der Waals surface area contributed by atoms with E-state index in [1.54, 1.807) is 27.7 Å². The first-order valence-electron chi connectivity index (χ1n) is 9.98. The first-order chi connectivity index (χ1) is 12.4. The van der Waals surface area contributed by atoms with Crippen LogP contribution in [0.4, 0.5) is 0 Å². The van der Waals surface area contributed by atoms with E-state index in [0.717, 1.165) is 0 Å². The number of esters is 1. The molecule has 20 heavy (non-hydrogen) atoms. The van der Waals surface area contributed by atoms with Gasteiger partial charge < -0.3 is 14.0 Å². The van der Waals surface area contributed by atoms with Gasteiger partial charge in [-0.25, -0.2) is 9.78 Å². The minimum atomic E-state index is -3.33. The summed E-state index contributed by atoms with van der Waals surface area (Å²) in [6.07, 6.45) is -0.596. The Morgan fingerprint density at radius 3 is 2.70 bits per heavy atom. The summed E-state index contributed by atoms with van der Waals surface area (Å²) in [4.78, 5) is 15.8. The van der Waals surface area contributed by atoms with Crippen LogP contribution in [-0.2, 0) is 14.0 Å². The molecule has 0 aromatic carbocycles. The average Bonchev–Trinajstić information content (AvgIpc) is 2.69. The molecule has 6 heteroatoms. The van der Waals surface area contributed by atoms with E-state index < -0.39 is 61.7 Å². The number of ether oxygens (including phenoxy) is 1. The zero-order valence-corrected chi connectivity index (χ0v) is 11.7. The lowest BCUT2D eigenvalue weighted by Crippen LogP contribution is -2.41. The highest BCUT2D eigenvalue weighted by Gasteiger charge is 2.51. The second kappa shape index (κ2) is 5.18. The largest absolute Gasteiger partial charge is 0.496 e. The fourth-order valence-corrected chi connectivity index (χ4v) is 1.56. The zero-order chi connectivity index (χ0) is 21.9. The molecule has 0 spiro atoms. The molecule has 0 aliphatic carbocycles. The summed E-state index contributed by atoms with van der Waals surface area (Å²) in [6, 6.07) is -1.34. The first-order valence-corrected chi connectivity index (χ1v) is 5.98. The van der Waals surface area contributed by atoms with Crippen LogP contribution in [0.1, 0.15) is 56.0 Å². The van der Waals surface area contributed by atoms with Crippen molar-refractivity contribution in [1.82, 2.24) is 4.98 Å². The number of pyridine rings is 1. The van der Waals surface area contributed by atoms with Gasteiger partial charge in [0, 0.05) is 15.7 Å². The highest BCUT2D eigenvalue weighted by atomic mass is 16.7. The molecule has 1 aromatic heterocycles. The van der Waals surface area contributed by atoms with Crippen LogP contribution in [0.2, 0.25) is 0 Å². The Morgan fingerprint density at radius 1 is 1.45 bits per heavy atom.